The molecule has 0 aliphatic rings. The zero-order valence-corrected chi connectivity index (χ0v) is 14.4. The van der Waals surface area contributed by atoms with Crippen LogP contribution in [0.5, 0.6) is 5.75 Å². The Morgan fingerprint density at radius 3 is 2.48 bits per heavy atom. The first-order chi connectivity index (χ1) is 12.2. The molecule has 0 atom stereocenters. The average molecular weight is 352 g/mol. The number of benzene rings is 3. The van der Waals surface area contributed by atoms with Crippen molar-refractivity contribution in [2.45, 2.75) is 13.2 Å². The third-order valence-corrected chi connectivity index (χ3v) is 3.98. The Bertz CT molecular complexity index is 849. The van der Waals surface area contributed by atoms with Crippen LogP contribution in [0, 0.1) is 0 Å². The lowest BCUT2D eigenvalue weighted by atomic mass is 10.1. The van der Waals surface area contributed by atoms with Gasteiger partial charge in [0.1, 0.15) is 12.4 Å². The smallest absolute Gasteiger partial charge is 0.251 e. The van der Waals surface area contributed by atoms with Gasteiger partial charge < -0.3 is 10.1 Å². The molecule has 0 unspecified atom stereocenters. The van der Waals surface area contributed by atoms with Crippen LogP contribution in [0.25, 0.3) is 0 Å². The molecule has 0 saturated heterocycles. The molecule has 3 rings (SSSR count). The molecule has 0 spiro atoms. The molecule has 0 heterocycles. The van der Waals surface area contributed by atoms with Gasteiger partial charge in [-0.15, -0.1) is 0 Å². The third kappa shape index (κ3) is 4.85. The summed E-state index contributed by atoms with van der Waals surface area (Å²) in [5.74, 6) is 0.642. The SMILES string of the molecule is O=C(NCc1cccc(Cl)c1)c1ccccc1COc1ccccc1. The van der Waals surface area contributed by atoms with Crippen LogP contribution in [0.3, 0.4) is 0 Å². The van der Waals surface area contributed by atoms with E-state index < -0.39 is 0 Å². The molecular formula is C21H18ClNO2. The number of amides is 1. The Balaban J connectivity index is 1.66. The van der Waals surface area contributed by atoms with Crippen molar-refractivity contribution in [2.75, 3.05) is 0 Å². The molecule has 3 aromatic carbocycles. The first-order valence-corrected chi connectivity index (χ1v) is 8.38. The predicted molar refractivity (Wildman–Crippen MR) is 99.8 cm³/mol. The van der Waals surface area contributed by atoms with Crippen LogP contribution in [0.1, 0.15) is 21.5 Å². The first-order valence-electron chi connectivity index (χ1n) is 8.01. The van der Waals surface area contributed by atoms with Gasteiger partial charge in [-0.25, -0.2) is 0 Å². The highest BCUT2D eigenvalue weighted by Crippen LogP contribution is 2.15. The first kappa shape index (κ1) is 17.1. The van der Waals surface area contributed by atoms with Crippen molar-refractivity contribution >= 4 is 17.5 Å². The van der Waals surface area contributed by atoms with Gasteiger partial charge in [-0.3, -0.25) is 4.79 Å². The molecule has 0 saturated carbocycles. The molecule has 0 bridgehead atoms. The Morgan fingerprint density at radius 1 is 0.920 bits per heavy atom. The van der Waals surface area contributed by atoms with E-state index in [1.54, 1.807) is 6.07 Å². The van der Waals surface area contributed by atoms with E-state index >= 15 is 0 Å². The van der Waals surface area contributed by atoms with Crippen molar-refractivity contribution in [3.63, 3.8) is 0 Å². The van der Waals surface area contributed by atoms with E-state index in [-0.39, 0.29) is 5.91 Å². The van der Waals surface area contributed by atoms with E-state index in [4.69, 9.17) is 16.3 Å². The minimum atomic E-state index is -0.132. The topological polar surface area (TPSA) is 38.3 Å². The maximum Gasteiger partial charge on any atom is 0.251 e. The number of hydrogen-bond donors (Lipinski definition) is 1. The quantitative estimate of drug-likeness (QED) is 0.689. The Kier molecular flexibility index (Phi) is 5.70. The molecule has 0 radical (unpaired) electrons. The van der Waals surface area contributed by atoms with Gasteiger partial charge in [0.15, 0.2) is 0 Å². The molecule has 0 aliphatic heterocycles. The number of ether oxygens (including phenoxy) is 1. The van der Waals surface area contributed by atoms with Crippen LogP contribution < -0.4 is 10.1 Å². The van der Waals surface area contributed by atoms with Crippen molar-refractivity contribution in [3.05, 3.63) is 101 Å². The second-order valence-electron chi connectivity index (χ2n) is 5.57. The summed E-state index contributed by atoms with van der Waals surface area (Å²) in [6.07, 6.45) is 0. The Morgan fingerprint density at radius 2 is 1.68 bits per heavy atom. The zero-order chi connectivity index (χ0) is 17.5. The van der Waals surface area contributed by atoms with Crippen molar-refractivity contribution in [3.8, 4) is 5.75 Å². The summed E-state index contributed by atoms with van der Waals surface area (Å²) in [4.78, 5) is 12.5. The van der Waals surface area contributed by atoms with E-state index in [1.165, 1.54) is 0 Å². The van der Waals surface area contributed by atoms with E-state index in [0.717, 1.165) is 16.9 Å². The Labute approximate surface area is 152 Å². The highest BCUT2D eigenvalue weighted by atomic mass is 35.5. The molecule has 0 fully saturated rings. The van der Waals surface area contributed by atoms with Crippen molar-refractivity contribution in [1.29, 1.82) is 0 Å². The number of para-hydroxylation sites is 1. The van der Waals surface area contributed by atoms with E-state index in [0.29, 0.717) is 23.7 Å². The fourth-order valence-electron chi connectivity index (χ4n) is 2.47. The van der Waals surface area contributed by atoms with Gasteiger partial charge in [0, 0.05) is 22.7 Å². The number of hydrogen-bond acceptors (Lipinski definition) is 2. The third-order valence-electron chi connectivity index (χ3n) is 3.74. The van der Waals surface area contributed by atoms with Gasteiger partial charge in [-0.05, 0) is 35.9 Å². The van der Waals surface area contributed by atoms with Crippen LogP contribution in [0.4, 0.5) is 0 Å². The predicted octanol–water partition coefficient (Wildman–Crippen LogP) is 4.85. The highest BCUT2D eigenvalue weighted by molar-refractivity contribution is 6.30. The second kappa shape index (κ2) is 8.36. The summed E-state index contributed by atoms with van der Waals surface area (Å²) >= 11 is 5.97. The number of carbonyl (C=O) groups excluding carboxylic acids is 1. The zero-order valence-electron chi connectivity index (χ0n) is 13.6. The normalized spacial score (nSPS) is 10.3. The van der Waals surface area contributed by atoms with Crippen LogP contribution in [0.2, 0.25) is 5.02 Å². The van der Waals surface area contributed by atoms with Gasteiger partial charge >= 0.3 is 0 Å². The van der Waals surface area contributed by atoms with Crippen LogP contribution in [-0.2, 0) is 13.2 Å². The molecule has 126 valence electrons. The van der Waals surface area contributed by atoms with Crippen LogP contribution >= 0.6 is 11.6 Å². The van der Waals surface area contributed by atoms with Gasteiger partial charge in [0.05, 0.1) is 0 Å². The van der Waals surface area contributed by atoms with Crippen molar-refractivity contribution in [1.82, 2.24) is 5.32 Å². The molecule has 3 nitrogen and oxygen atoms in total. The van der Waals surface area contributed by atoms with Gasteiger partial charge in [-0.2, -0.15) is 0 Å². The molecule has 0 aliphatic carbocycles. The molecule has 0 aromatic heterocycles. The standard InChI is InChI=1S/C21H18ClNO2/c22-18-9-6-7-16(13-18)14-23-21(24)20-12-5-4-8-17(20)15-25-19-10-2-1-3-11-19/h1-13H,14-15H2,(H,23,24). The molecule has 1 N–H and O–H groups in total. The monoisotopic (exact) mass is 351 g/mol. The molecule has 1 amide bonds. The van der Waals surface area contributed by atoms with Crippen molar-refractivity contribution < 1.29 is 9.53 Å². The minimum absolute atomic E-state index is 0.132. The fourth-order valence-corrected chi connectivity index (χ4v) is 2.68. The lowest BCUT2D eigenvalue weighted by Crippen LogP contribution is -2.24. The average Bonchev–Trinajstić information content (AvgIpc) is 2.65. The van der Waals surface area contributed by atoms with E-state index in [2.05, 4.69) is 5.32 Å². The number of carbonyl (C=O) groups is 1. The number of halogens is 1. The highest BCUT2D eigenvalue weighted by Gasteiger charge is 2.11. The lowest BCUT2D eigenvalue weighted by molar-refractivity contribution is 0.0948. The second-order valence-corrected chi connectivity index (χ2v) is 6.01. The molecular weight excluding hydrogens is 334 g/mol. The summed E-state index contributed by atoms with van der Waals surface area (Å²) in [7, 11) is 0. The Hall–Kier alpha value is -2.78. The maximum absolute atomic E-state index is 12.5. The lowest BCUT2D eigenvalue weighted by Gasteiger charge is -2.11. The van der Waals surface area contributed by atoms with E-state index in [1.807, 2.05) is 72.8 Å². The summed E-state index contributed by atoms with van der Waals surface area (Å²) in [5.41, 5.74) is 2.41. The fraction of sp³-hybridized carbons (Fsp3) is 0.0952. The van der Waals surface area contributed by atoms with E-state index in [9.17, 15) is 4.79 Å². The molecule has 3 aromatic rings. The number of rotatable bonds is 6. The summed E-state index contributed by atoms with van der Waals surface area (Å²) in [5, 5.41) is 3.58. The minimum Gasteiger partial charge on any atom is -0.489 e. The summed E-state index contributed by atoms with van der Waals surface area (Å²) < 4.78 is 5.76. The van der Waals surface area contributed by atoms with Gasteiger partial charge in [0.2, 0.25) is 0 Å². The maximum atomic E-state index is 12.5. The molecule has 25 heavy (non-hydrogen) atoms. The van der Waals surface area contributed by atoms with Crippen molar-refractivity contribution in [2.24, 2.45) is 0 Å². The van der Waals surface area contributed by atoms with Crippen LogP contribution in [0.15, 0.2) is 78.9 Å². The largest absolute Gasteiger partial charge is 0.489 e. The molecule has 4 heteroatoms. The van der Waals surface area contributed by atoms with Gasteiger partial charge in [-0.1, -0.05) is 60.1 Å². The number of nitrogens with one attached hydrogen (secondary N) is 1. The van der Waals surface area contributed by atoms with Gasteiger partial charge in [0.25, 0.3) is 5.91 Å². The summed E-state index contributed by atoms with van der Waals surface area (Å²) in [6, 6.07) is 24.4. The summed E-state index contributed by atoms with van der Waals surface area (Å²) in [6.45, 7) is 0.762. The van der Waals surface area contributed by atoms with Crippen LogP contribution in [-0.4, -0.2) is 5.91 Å².